The van der Waals surface area contributed by atoms with Gasteiger partial charge in [0.1, 0.15) is 11.3 Å². The van der Waals surface area contributed by atoms with Crippen molar-refractivity contribution in [2.45, 2.75) is 25.8 Å². The minimum atomic E-state index is 0.0234. The first-order valence-corrected chi connectivity index (χ1v) is 7.42. The van der Waals surface area contributed by atoms with E-state index in [1.165, 1.54) is 0 Å². The first-order valence-electron chi connectivity index (χ1n) is 7.42. The molecule has 2 N–H and O–H groups in total. The summed E-state index contributed by atoms with van der Waals surface area (Å²) in [6, 6.07) is 8.02. The zero-order valence-corrected chi connectivity index (χ0v) is 12.2. The average Bonchev–Trinajstić information content (AvgIpc) is 3.08. The summed E-state index contributed by atoms with van der Waals surface area (Å²) in [5, 5.41) is 1.05. The Morgan fingerprint density at radius 2 is 2.29 bits per heavy atom. The summed E-state index contributed by atoms with van der Waals surface area (Å²) < 4.78 is 5.83. The second-order valence-electron chi connectivity index (χ2n) is 5.45. The smallest absolute Gasteiger partial charge is 0.246 e. The fraction of sp³-hybridized carbons (Fsp3) is 0.353. The molecule has 2 heterocycles. The number of fused-ring (bicyclic) bond motifs is 1. The predicted molar refractivity (Wildman–Crippen MR) is 83.8 cm³/mol. The molecule has 3 rings (SSSR count). The Kier molecular flexibility index (Phi) is 3.80. The van der Waals surface area contributed by atoms with E-state index in [-0.39, 0.29) is 11.9 Å². The zero-order valence-electron chi connectivity index (χ0n) is 12.2. The highest BCUT2D eigenvalue weighted by Crippen LogP contribution is 2.27. The van der Waals surface area contributed by atoms with E-state index in [0.29, 0.717) is 6.54 Å². The molecular weight excluding hydrogens is 264 g/mol. The number of aryl methyl sites for hydroxylation is 1. The SMILES string of the molecule is CCc1oc2ccccc2c1/C=C/C(=O)N1CC[C@@H](N)C1. The molecule has 1 fully saturated rings. The molecule has 0 aliphatic carbocycles. The van der Waals surface area contributed by atoms with Gasteiger partial charge in [0.2, 0.25) is 5.91 Å². The number of amides is 1. The Morgan fingerprint density at radius 1 is 1.48 bits per heavy atom. The second kappa shape index (κ2) is 5.74. The van der Waals surface area contributed by atoms with Crippen LogP contribution < -0.4 is 5.73 Å². The molecule has 1 aliphatic heterocycles. The molecule has 0 saturated carbocycles. The van der Waals surface area contributed by atoms with Gasteiger partial charge in [0.15, 0.2) is 0 Å². The lowest BCUT2D eigenvalue weighted by Crippen LogP contribution is -2.30. The molecule has 1 aromatic heterocycles. The van der Waals surface area contributed by atoms with Crippen LogP contribution in [0.25, 0.3) is 17.0 Å². The lowest BCUT2D eigenvalue weighted by molar-refractivity contribution is -0.124. The van der Waals surface area contributed by atoms with Crippen molar-refractivity contribution in [3.8, 4) is 0 Å². The van der Waals surface area contributed by atoms with Gasteiger partial charge >= 0.3 is 0 Å². The summed E-state index contributed by atoms with van der Waals surface area (Å²) in [6.07, 6.45) is 5.19. The number of hydrogen-bond acceptors (Lipinski definition) is 3. The summed E-state index contributed by atoms with van der Waals surface area (Å²) in [4.78, 5) is 14.0. The third kappa shape index (κ3) is 2.72. The van der Waals surface area contributed by atoms with Crippen molar-refractivity contribution in [1.82, 2.24) is 4.90 Å². The van der Waals surface area contributed by atoms with Crippen LogP contribution in [0.2, 0.25) is 0 Å². The number of para-hydroxylation sites is 1. The molecule has 4 nitrogen and oxygen atoms in total. The molecule has 0 radical (unpaired) electrons. The molecule has 1 amide bonds. The first kappa shape index (κ1) is 13.9. The topological polar surface area (TPSA) is 59.5 Å². The van der Waals surface area contributed by atoms with Gasteiger partial charge in [-0.2, -0.15) is 0 Å². The normalized spacial score (nSPS) is 19.0. The van der Waals surface area contributed by atoms with Gasteiger partial charge in [0, 0.05) is 42.6 Å². The monoisotopic (exact) mass is 284 g/mol. The van der Waals surface area contributed by atoms with Crippen molar-refractivity contribution in [1.29, 1.82) is 0 Å². The number of hydrogen-bond donors (Lipinski definition) is 1. The maximum absolute atomic E-state index is 12.2. The standard InChI is InChI=1S/C17H20N2O2/c1-2-15-14(13-5-3-4-6-16(13)21-15)7-8-17(20)19-10-9-12(18)11-19/h3-8,12H,2,9-11,18H2,1H3/b8-7+/t12-/m1/s1. The van der Waals surface area contributed by atoms with E-state index in [2.05, 4.69) is 6.92 Å². The number of carbonyl (C=O) groups is 1. The molecule has 0 spiro atoms. The van der Waals surface area contributed by atoms with E-state index in [0.717, 1.165) is 41.7 Å². The van der Waals surface area contributed by atoms with Crippen molar-refractivity contribution in [2.24, 2.45) is 5.73 Å². The van der Waals surface area contributed by atoms with Gasteiger partial charge in [-0.25, -0.2) is 0 Å². The summed E-state index contributed by atoms with van der Waals surface area (Å²) in [5.74, 6) is 0.939. The summed E-state index contributed by atoms with van der Waals surface area (Å²) in [6.45, 7) is 3.45. The molecule has 110 valence electrons. The number of nitrogens with two attached hydrogens (primary N) is 1. The van der Waals surface area contributed by atoms with Gasteiger partial charge < -0.3 is 15.1 Å². The molecule has 0 bridgehead atoms. The number of benzene rings is 1. The van der Waals surface area contributed by atoms with E-state index in [4.69, 9.17) is 10.2 Å². The number of likely N-dealkylation sites (tertiary alicyclic amines) is 1. The summed E-state index contributed by atoms with van der Waals surface area (Å²) >= 11 is 0. The number of nitrogens with zero attached hydrogens (tertiary/aromatic N) is 1. The van der Waals surface area contributed by atoms with Gasteiger partial charge in [0.25, 0.3) is 0 Å². The third-order valence-electron chi connectivity index (χ3n) is 3.96. The van der Waals surface area contributed by atoms with Crippen molar-refractivity contribution in [3.05, 3.63) is 41.7 Å². The molecular formula is C17H20N2O2. The molecule has 1 aromatic carbocycles. The quantitative estimate of drug-likeness (QED) is 0.881. The first-order chi connectivity index (χ1) is 10.2. The molecule has 1 atom stereocenters. The van der Waals surface area contributed by atoms with Crippen LogP contribution in [-0.2, 0) is 11.2 Å². The minimum absolute atomic E-state index is 0.0234. The van der Waals surface area contributed by atoms with Crippen LogP contribution >= 0.6 is 0 Å². The molecule has 0 unspecified atom stereocenters. The van der Waals surface area contributed by atoms with Gasteiger partial charge in [-0.15, -0.1) is 0 Å². The lowest BCUT2D eigenvalue weighted by atomic mass is 10.1. The molecule has 1 aliphatic rings. The van der Waals surface area contributed by atoms with Gasteiger partial charge in [-0.3, -0.25) is 4.79 Å². The summed E-state index contributed by atoms with van der Waals surface area (Å²) in [5.41, 5.74) is 7.71. The fourth-order valence-electron chi connectivity index (χ4n) is 2.81. The second-order valence-corrected chi connectivity index (χ2v) is 5.45. The molecule has 4 heteroatoms. The van der Waals surface area contributed by atoms with Crippen molar-refractivity contribution in [3.63, 3.8) is 0 Å². The highest BCUT2D eigenvalue weighted by Gasteiger charge is 2.22. The zero-order chi connectivity index (χ0) is 14.8. The fourth-order valence-corrected chi connectivity index (χ4v) is 2.81. The van der Waals surface area contributed by atoms with E-state index in [1.807, 2.05) is 30.3 Å². The predicted octanol–water partition coefficient (Wildman–Crippen LogP) is 2.57. The average molecular weight is 284 g/mol. The molecule has 2 aromatic rings. The Hall–Kier alpha value is -2.07. The highest BCUT2D eigenvalue weighted by molar-refractivity contribution is 5.96. The van der Waals surface area contributed by atoms with E-state index >= 15 is 0 Å². The lowest BCUT2D eigenvalue weighted by Gasteiger charge is -2.12. The van der Waals surface area contributed by atoms with Crippen molar-refractivity contribution >= 4 is 23.0 Å². The van der Waals surface area contributed by atoms with E-state index < -0.39 is 0 Å². The van der Waals surface area contributed by atoms with Crippen LogP contribution in [0, 0.1) is 0 Å². The Bertz CT molecular complexity index is 687. The Morgan fingerprint density at radius 3 is 3.00 bits per heavy atom. The Balaban J connectivity index is 1.87. The maximum atomic E-state index is 12.2. The number of carbonyl (C=O) groups excluding carboxylic acids is 1. The third-order valence-corrected chi connectivity index (χ3v) is 3.96. The highest BCUT2D eigenvalue weighted by atomic mass is 16.3. The number of furan rings is 1. The Labute approximate surface area is 124 Å². The molecule has 21 heavy (non-hydrogen) atoms. The molecule has 1 saturated heterocycles. The van der Waals surface area contributed by atoms with Crippen LogP contribution in [0.15, 0.2) is 34.8 Å². The van der Waals surface area contributed by atoms with Crippen LogP contribution in [0.4, 0.5) is 0 Å². The minimum Gasteiger partial charge on any atom is -0.460 e. The van der Waals surface area contributed by atoms with E-state index in [1.54, 1.807) is 11.0 Å². The summed E-state index contributed by atoms with van der Waals surface area (Å²) in [7, 11) is 0. The maximum Gasteiger partial charge on any atom is 0.246 e. The van der Waals surface area contributed by atoms with Crippen LogP contribution in [0.5, 0.6) is 0 Å². The van der Waals surface area contributed by atoms with Crippen LogP contribution in [-0.4, -0.2) is 29.9 Å². The van der Waals surface area contributed by atoms with Gasteiger partial charge in [0.05, 0.1) is 0 Å². The number of rotatable bonds is 3. The van der Waals surface area contributed by atoms with Gasteiger partial charge in [-0.1, -0.05) is 25.1 Å². The van der Waals surface area contributed by atoms with Crippen molar-refractivity contribution in [2.75, 3.05) is 13.1 Å². The van der Waals surface area contributed by atoms with Crippen molar-refractivity contribution < 1.29 is 9.21 Å². The van der Waals surface area contributed by atoms with E-state index in [9.17, 15) is 4.79 Å². The van der Waals surface area contributed by atoms with Crippen LogP contribution in [0.3, 0.4) is 0 Å². The van der Waals surface area contributed by atoms with Gasteiger partial charge in [-0.05, 0) is 18.6 Å². The largest absolute Gasteiger partial charge is 0.460 e. The van der Waals surface area contributed by atoms with Crippen LogP contribution in [0.1, 0.15) is 24.7 Å².